The van der Waals surface area contributed by atoms with Crippen LogP contribution in [0.4, 0.5) is 0 Å². The summed E-state index contributed by atoms with van der Waals surface area (Å²) in [7, 11) is 0. The maximum atomic E-state index is 12.3. The highest BCUT2D eigenvalue weighted by molar-refractivity contribution is 5.81. The van der Waals surface area contributed by atoms with Gasteiger partial charge >= 0.3 is 5.97 Å². The molecule has 7 rings (SSSR count). The summed E-state index contributed by atoms with van der Waals surface area (Å²) in [5.74, 6) is 4.36. The average Bonchev–Trinajstić information content (AvgIpc) is 3.54. The number of hydrogen-bond acceptors (Lipinski definition) is 4. The summed E-state index contributed by atoms with van der Waals surface area (Å²) in [5.41, 5.74) is -0.943. The molecule has 0 radical (unpaired) electrons. The van der Waals surface area contributed by atoms with E-state index in [9.17, 15) is 14.7 Å². The first kappa shape index (κ1) is 16.8. The first-order valence-electron chi connectivity index (χ1n) is 11.7. The molecule has 1 saturated heterocycles. The molecule has 0 aromatic carbocycles. The van der Waals surface area contributed by atoms with Gasteiger partial charge in [0.2, 0.25) is 0 Å². The predicted molar refractivity (Wildman–Crippen MR) is 101 cm³/mol. The van der Waals surface area contributed by atoms with Crippen molar-refractivity contribution in [2.24, 2.45) is 52.3 Å². The van der Waals surface area contributed by atoms with Crippen LogP contribution in [0.15, 0.2) is 0 Å². The second kappa shape index (κ2) is 4.55. The second-order valence-corrected chi connectivity index (χ2v) is 12.1. The molecule has 0 bridgehead atoms. The van der Waals surface area contributed by atoms with Gasteiger partial charge in [0, 0.05) is 36.0 Å². The van der Waals surface area contributed by atoms with Crippen molar-refractivity contribution < 1.29 is 19.4 Å². The van der Waals surface area contributed by atoms with Crippen LogP contribution in [0.1, 0.15) is 71.6 Å². The molecule has 7 aliphatic rings. The molecule has 0 aromatic rings. The van der Waals surface area contributed by atoms with E-state index >= 15 is 0 Å². The molecule has 11 atom stereocenters. The van der Waals surface area contributed by atoms with Gasteiger partial charge in [-0.1, -0.05) is 13.8 Å². The third kappa shape index (κ3) is 1.55. The summed E-state index contributed by atoms with van der Waals surface area (Å²) in [6, 6.07) is 0. The highest BCUT2D eigenvalue weighted by Gasteiger charge is 2.83. The van der Waals surface area contributed by atoms with Crippen LogP contribution in [0, 0.1) is 52.3 Å². The molecular weight excluding hydrogens is 352 g/mol. The Bertz CT molecular complexity index is 821. The van der Waals surface area contributed by atoms with E-state index in [2.05, 4.69) is 13.8 Å². The van der Waals surface area contributed by atoms with Crippen molar-refractivity contribution in [3.8, 4) is 0 Å². The molecule has 4 heteroatoms. The average molecular weight is 385 g/mol. The summed E-state index contributed by atoms with van der Waals surface area (Å²) in [6.07, 6.45) is 8.04. The molecule has 5 unspecified atom stereocenters. The molecule has 1 spiro atoms. The second-order valence-electron chi connectivity index (χ2n) is 12.1. The third-order valence-corrected chi connectivity index (χ3v) is 11.6. The Morgan fingerprint density at radius 3 is 2.46 bits per heavy atom. The fourth-order valence-electron chi connectivity index (χ4n) is 10.3. The maximum Gasteiger partial charge on any atom is 0.306 e. The molecule has 152 valence electrons. The minimum atomic E-state index is -0.763. The molecule has 0 aromatic heterocycles. The fraction of sp³-hybridized carbons (Fsp3) is 0.917. The highest BCUT2D eigenvalue weighted by Crippen LogP contribution is 2.83. The summed E-state index contributed by atoms with van der Waals surface area (Å²) in [6.45, 7) is 4.77. The molecule has 1 heterocycles. The Balaban J connectivity index is 1.32. The molecule has 28 heavy (non-hydrogen) atoms. The maximum absolute atomic E-state index is 12.3. The first-order chi connectivity index (χ1) is 13.3. The van der Waals surface area contributed by atoms with Crippen molar-refractivity contribution in [3.05, 3.63) is 0 Å². The molecular formula is C24H32O4. The van der Waals surface area contributed by atoms with Crippen LogP contribution in [0.3, 0.4) is 0 Å². The van der Waals surface area contributed by atoms with E-state index in [1.54, 1.807) is 0 Å². The van der Waals surface area contributed by atoms with Crippen molar-refractivity contribution in [1.82, 2.24) is 0 Å². The van der Waals surface area contributed by atoms with E-state index in [1.807, 2.05) is 0 Å². The molecule has 1 aliphatic heterocycles. The van der Waals surface area contributed by atoms with Gasteiger partial charge in [-0.05, 0) is 74.0 Å². The summed E-state index contributed by atoms with van der Waals surface area (Å²) in [4.78, 5) is 24.4. The summed E-state index contributed by atoms with van der Waals surface area (Å²) >= 11 is 0. The molecule has 6 saturated carbocycles. The van der Waals surface area contributed by atoms with Gasteiger partial charge in [0.1, 0.15) is 11.4 Å². The lowest BCUT2D eigenvalue weighted by atomic mass is 9.42. The Hall–Kier alpha value is -0.900. The summed E-state index contributed by atoms with van der Waals surface area (Å²) < 4.78 is 6.20. The topological polar surface area (TPSA) is 63.6 Å². The van der Waals surface area contributed by atoms with Crippen LogP contribution in [0.25, 0.3) is 0 Å². The smallest absolute Gasteiger partial charge is 0.306 e. The molecule has 0 amide bonds. The number of hydrogen-bond donors (Lipinski definition) is 1. The van der Waals surface area contributed by atoms with Crippen molar-refractivity contribution in [2.45, 2.75) is 82.8 Å². The van der Waals surface area contributed by atoms with E-state index < -0.39 is 5.60 Å². The lowest BCUT2D eigenvalue weighted by Crippen LogP contribution is -2.65. The summed E-state index contributed by atoms with van der Waals surface area (Å²) in [5, 5.41) is 11.8. The van der Waals surface area contributed by atoms with Gasteiger partial charge in [-0.2, -0.15) is 0 Å². The molecule has 7 fully saturated rings. The molecule has 6 aliphatic carbocycles. The van der Waals surface area contributed by atoms with Crippen molar-refractivity contribution in [3.63, 3.8) is 0 Å². The quantitative estimate of drug-likeness (QED) is 0.649. The number of ketones is 1. The van der Waals surface area contributed by atoms with E-state index in [4.69, 9.17) is 4.74 Å². The van der Waals surface area contributed by atoms with E-state index in [-0.39, 0.29) is 28.2 Å². The number of carbonyl (C=O) groups is 2. The third-order valence-electron chi connectivity index (χ3n) is 11.6. The van der Waals surface area contributed by atoms with E-state index in [0.717, 1.165) is 38.0 Å². The van der Waals surface area contributed by atoms with Gasteiger partial charge in [0.25, 0.3) is 0 Å². The zero-order valence-corrected chi connectivity index (χ0v) is 17.1. The Morgan fingerprint density at radius 1 is 0.929 bits per heavy atom. The fourth-order valence-corrected chi connectivity index (χ4v) is 10.3. The number of fused-ring (bicyclic) bond motifs is 12. The van der Waals surface area contributed by atoms with Crippen LogP contribution in [-0.4, -0.2) is 28.1 Å². The minimum absolute atomic E-state index is 0.0229. The SMILES string of the molecule is C[C@]12CCC3C(C1C1C[C@@H]1C21CCC(=O)O1)[C@H]1C[C@H]1[C@]1(O)CC(=O)CC[C@]31C. The van der Waals surface area contributed by atoms with Gasteiger partial charge < -0.3 is 9.84 Å². The van der Waals surface area contributed by atoms with Crippen LogP contribution in [-0.2, 0) is 14.3 Å². The standard InChI is InChI=1S/C24H32O4/c1-21-6-3-12(25)11-23(21,27)16-9-13(16)19-15(21)4-7-22(2)20(19)14-10-17(14)24(22)8-5-18(26)28-24/h13-17,19-20,27H,3-11H2,1-2H3/t13-,14?,15?,16+,17-,19?,20?,21+,22-,23+,24?/m0/s1. The number of carbonyl (C=O) groups excluding carboxylic acids is 2. The first-order valence-corrected chi connectivity index (χ1v) is 11.7. The number of aliphatic hydroxyl groups is 1. The van der Waals surface area contributed by atoms with Gasteiger partial charge in [-0.25, -0.2) is 0 Å². The number of esters is 1. The normalized spacial score (nSPS) is 65.8. The van der Waals surface area contributed by atoms with Crippen LogP contribution < -0.4 is 0 Å². The number of rotatable bonds is 0. The van der Waals surface area contributed by atoms with Gasteiger partial charge in [-0.3, -0.25) is 9.59 Å². The van der Waals surface area contributed by atoms with Crippen LogP contribution >= 0.6 is 0 Å². The molecule has 1 N–H and O–H groups in total. The molecule has 4 nitrogen and oxygen atoms in total. The zero-order chi connectivity index (χ0) is 19.3. The largest absolute Gasteiger partial charge is 0.458 e. The monoisotopic (exact) mass is 384 g/mol. The minimum Gasteiger partial charge on any atom is -0.458 e. The Kier molecular flexibility index (Phi) is 2.74. The van der Waals surface area contributed by atoms with Gasteiger partial charge in [0.05, 0.1) is 5.60 Å². The lowest BCUT2D eigenvalue weighted by Gasteiger charge is -2.64. The van der Waals surface area contributed by atoms with Crippen molar-refractivity contribution in [1.29, 1.82) is 0 Å². The van der Waals surface area contributed by atoms with E-state index in [0.29, 0.717) is 54.8 Å². The predicted octanol–water partition coefficient (Wildman–Crippen LogP) is 3.50. The van der Waals surface area contributed by atoms with E-state index in [1.165, 1.54) is 6.42 Å². The Morgan fingerprint density at radius 2 is 1.71 bits per heavy atom. The van der Waals surface area contributed by atoms with Crippen molar-refractivity contribution >= 4 is 11.8 Å². The van der Waals surface area contributed by atoms with Crippen LogP contribution in [0.5, 0.6) is 0 Å². The number of Topliss-reactive ketones (excluding diaryl/α,β-unsaturated/α-hetero) is 1. The van der Waals surface area contributed by atoms with Crippen LogP contribution in [0.2, 0.25) is 0 Å². The van der Waals surface area contributed by atoms with Gasteiger partial charge in [0.15, 0.2) is 0 Å². The zero-order valence-electron chi connectivity index (χ0n) is 17.1. The van der Waals surface area contributed by atoms with Gasteiger partial charge in [-0.15, -0.1) is 0 Å². The number of ether oxygens (including phenoxy) is 1. The lowest BCUT2D eigenvalue weighted by molar-refractivity contribution is -0.223. The van der Waals surface area contributed by atoms with Crippen molar-refractivity contribution in [2.75, 3.05) is 0 Å². The Labute approximate surface area is 166 Å². The highest BCUT2D eigenvalue weighted by atomic mass is 16.6.